The van der Waals surface area contributed by atoms with Gasteiger partial charge < -0.3 is 4.74 Å². The lowest BCUT2D eigenvalue weighted by molar-refractivity contribution is 0.425. The Balaban J connectivity index is 2.83. The van der Waals surface area contributed by atoms with Crippen LogP contribution in [0, 0.1) is 3.57 Å². The molecule has 1 nitrogen and oxygen atoms in total. The Morgan fingerprint density at radius 2 is 2.23 bits per heavy atom. The molecule has 0 aliphatic heterocycles. The number of hydrogen-bond acceptors (Lipinski definition) is 3. The Kier molecular flexibility index (Phi) is 2.71. The minimum absolute atomic E-state index is 0.970. The van der Waals surface area contributed by atoms with Crippen LogP contribution in [-0.2, 0) is 0 Å². The summed E-state index contributed by atoms with van der Waals surface area (Å²) >= 11 is 8.35. The van der Waals surface area contributed by atoms with Crippen molar-refractivity contribution in [1.82, 2.24) is 0 Å². The SMILES string of the molecule is COc1sc2c(S)cccc2c1I. The van der Waals surface area contributed by atoms with Gasteiger partial charge in [0.25, 0.3) is 0 Å². The Bertz CT molecular complexity index is 450. The summed E-state index contributed by atoms with van der Waals surface area (Å²) in [6.45, 7) is 0. The van der Waals surface area contributed by atoms with Crippen molar-refractivity contribution in [1.29, 1.82) is 0 Å². The van der Waals surface area contributed by atoms with E-state index in [1.165, 1.54) is 13.7 Å². The molecule has 1 heterocycles. The molecule has 1 aromatic heterocycles. The maximum Gasteiger partial charge on any atom is 0.188 e. The summed E-state index contributed by atoms with van der Waals surface area (Å²) in [6, 6.07) is 6.10. The summed E-state index contributed by atoms with van der Waals surface area (Å²) in [5, 5.41) is 2.20. The molecule has 0 saturated heterocycles. The number of thiol groups is 1. The molecule has 0 atom stereocenters. The summed E-state index contributed by atoms with van der Waals surface area (Å²) in [7, 11) is 1.70. The summed E-state index contributed by atoms with van der Waals surface area (Å²) < 4.78 is 7.64. The van der Waals surface area contributed by atoms with E-state index in [2.05, 4.69) is 41.3 Å². The lowest BCUT2D eigenvalue weighted by Crippen LogP contribution is -1.78. The fourth-order valence-corrected chi connectivity index (χ4v) is 3.63. The van der Waals surface area contributed by atoms with Crippen molar-refractivity contribution in [2.24, 2.45) is 0 Å². The minimum Gasteiger partial charge on any atom is -0.486 e. The molecule has 13 heavy (non-hydrogen) atoms. The average molecular weight is 322 g/mol. The molecular weight excluding hydrogens is 315 g/mol. The number of halogens is 1. The molecule has 1 aromatic carbocycles. The average Bonchev–Trinajstić information content (AvgIpc) is 2.45. The minimum atomic E-state index is 0.970. The molecule has 0 aliphatic rings. The van der Waals surface area contributed by atoms with Crippen molar-refractivity contribution in [2.75, 3.05) is 7.11 Å². The second-order valence-electron chi connectivity index (χ2n) is 2.56. The van der Waals surface area contributed by atoms with Crippen molar-refractivity contribution in [2.45, 2.75) is 4.90 Å². The maximum absolute atomic E-state index is 5.26. The molecule has 4 heteroatoms. The number of thiophene rings is 1. The fraction of sp³-hybridized carbons (Fsp3) is 0.111. The van der Waals surface area contributed by atoms with E-state index >= 15 is 0 Å². The zero-order chi connectivity index (χ0) is 9.42. The molecule has 0 unspecified atom stereocenters. The van der Waals surface area contributed by atoms with E-state index in [1.807, 2.05) is 12.1 Å². The predicted molar refractivity (Wildman–Crippen MR) is 68.3 cm³/mol. The molecule has 0 bridgehead atoms. The second-order valence-corrected chi connectivity index (χ2v) is 5.11. The number of methoxy groups -OCH3 is 1. The van der Waals surface area contributed by atoms with Gasteiger partial charge in [0.05, 0.1) is 15.4 Å². The van der Waals surface area contributed by atoms with Crippen LogP contribution in [-0.4, -0.2) is 7.11 Å². The molecule has 0 saturated carbocycles. The first-order valence-corrected chi connectivity index (χ1v) is 6.02. The zero-order valence-corrected chi connectivity index (χ0v) is 10.7. The van der Waals surface area contributed by atoms with Crippen LogP contribution in [0.3, 0.4) is 0 Å². The largest absolute Gasteiger partial charge is 0.486 e. The van der Waals surface area contributed by atoms with Crippen molar-refractivity contribution in [3.05, 3.63) is 21.8 Å². The summed E-state index contributed by atoms with van der Waals surface area (Å²) in [4.78, 5) is 1.02. The van der Waals surface area contributed by atoms with E-state index in [4.69, 9.17) is 4.74 Å². The molecule has 0 amide bonds. The van der Waals surface area contributed by atoms with Gasteiger partial charge in [-0.15, -0.1) is 12.6 Å². The third-order valence-corrected chi connectivity index (χ3v) is 4.95. The van der Waals surface area contributed by atoms with Gasteiger partial charge in [-0.05, 0) is 28.7 Å². The molecule has 2 aromatic rings. The number of fused-ring (bicyclic) bond motifs is 1. The second kappa shape index (κ2) is 3.67. The lowest BCUT2D eigenvalue weighted by Gasteiger charge is -1.93. The number of rotatable bonds is 1. The summed E-state index contributed by atoms with van der Waals surface area (Å²) in [5.74, 6) is 0. The number of ether oxygens (including phenoxy) is 1. The van der Waals surface area contributed by atoms with Gasteiger partial charge in [0, 0.05) is 10.3 Å². The van der Waals surface area contributed by atoms with Crippen molar-refractivity contribution < 1.29 is 4.74 Å². The Morgan fingerprint density at radius 3 is 2.85 bits per heavy atom. The van der Waals surface area contributed by atoms with E-state index in [1.54, 1.807) is 18.4 Å². The van der Waals surface area contributed by atoms with Gasteiger partial charge in [-0.2, -0.15) is 0 Å². The van der Waals surface area contributed by atoms with Gasteiger partial charge in [-0.3, -0.25) is 0 Å². The van der Waals surface area contributed by atoms with Crippen LogP contribution in [0.5, 0.6) is 5.06 Å². The topological polar surface area (TPSA) is 9.23 Å². The van der Waals surface area contributed by atoms with Gasteiger partial charge in [-0.25, -0.2) is 0 Å². The highest BCUT2D eigenvalue weighted by atomic mass is 127. The standard InChI is InChI=1S/C9H7IOS2/c1-11-9-7(10)5-3-2-4-6(12)8(5)13-9/h2-4,12H,1H3. The summed E-state index contributed by atoms with van der Waals surface area (Å²) in [6.07, 6.45) is 0. The zero-order valence-electron chi connectivity index (χ0n) is 6.87. The highest BCUT2D eigenvalue weighted by Gasteiger charge is 2.10. The van der Waals surface area contributed by atoms with Crippen molar-refractivity contribution in [3.63, 3.8) is 0 Å². The first-order valence-electron chi connectivity index (χ1n) is 3.68. The van der Waals surface area contributed by atoms with Crippen LogP contribution in [0.1, 0.15) is 0 Å². The summed E-state index contributed by atoms with van der Waals surface area (Å²) in [5.41, 5.74) is 0. The highest BCUT2D eigenvalue weighted by Crippen LogP contribution is 2.40. The van der Waals surface area contributed by atoms with Crippen LogP contribution in [0.15, 0.2) is 23.1 Å². The third-order valence-electron chi connectivity index (χ3n) is 1.79. The van der Waals surface area contributed by atoms with E-state index in [0.29, 0.717) is 0 Å². The number of benzene rings is 1. The van der Waals surface area contributed by atoms with Crippen LogP contribution < -0.4 is 4.74 Å². The molecule has 68 valence electrons. The fourth-order valence-electron chi connectivity index (χ4n) is 1.18. The van der Waals surface area contributed by atoms with E-state index in [9.17, 15) is 0 Å². The molecule has 0 N–H and O–H groups in total. The highest BCUT2D eigenvalue weighted by molar-refractivity contribution is 14.1. The lowest BCUT2D eigenvalue weighted by atomic mass is 10.3. The van der Waals surface area contributed by atoms with Crippen LogP contribution in [0.4, 0.5) is 0 Å². The maximum atomic E-state index is 5.26. The van der Waals surface area contributed by atoms with Crippen LogP contribution >= 0.6 is 46.6 Å². The monoisotopic (exact) mass is 322 g/mol. The predicted octanol–water partition coefficient (Wildman–Crippen LogP) is 3.80. The Hall–Kier alpha value is 0.0600. The molecule has 0 aliphatic carbocycles. The van der Waals surface area contributed by atoms with Crippen LogP contribution in [0.2, 0.25) is 0 Å². The third kappa shape index (κ3) is 1.55. The molecule has 2 rings (SSSR count). The quantitative estimate of drug-likeness (QED) is 0.621. The Morgan fingerprint density at radius 1 is 1.46 bits per heavy atom. The van der Waals surface area contributed by atoms with Gasteiger partial charge in [0.15, 0.2) is 5.06 Å². The van der Waals surface area contributed by atoms with Crippen LogP contribution in [0.25, 0.3) is 10.1 Å². The smallest absolute Gasteiger partial charge is 0.188 e. The van der Waals surface area contributed by atoms with Gasteiger partial charge in [0.1, 0.15) is 0 Å². The van der Waals surface area contributed by atoms with Crippen molar-refractivity contribution >= 4 is 56.6 Å². The van der Waals surface area contributed by atoms with E-state index in [0.717, 1.165) is 9.96 Å². The van der Waals surface area contributed by atoms with Crippen molar-refractivity contribution in [3.8, 4) is 5.06 Å². The van der Waals surface area contributed by atoms with Gasteiger partial charge in [0.2, 0.25) is 0 Å². The molecule has 0 spiro atoms. The first kappa shape index (κ1) is 9.61. The molecular formula is C9H7IOS2. The Labute approximate surface area is 99.6 Å². The number of hydrogen-bond donors (Lipinski definition) is 1. The normalized spacial score (nSPS) is 10.7. The van der Waals surface area contributed by atoms with Gasteiger partial charge in [-0.1, -0.05) is 23.5 Å². The van der Waals surface area contributed by atoms with Gasteiger partial charge >= 0.3 is 0 Å². The van der Waals surface area contributed by atoms with E-state index < -0.39 is 0 Å². The van der Waals surface area contributed by atoms with E-state index in [-0.39, 0.29) is 0 Å². The first-order chi connectivity index (χ1) is 6.24. The molecule has 0 fully saturated rings. The molecule has 0 radical (unpaired) electrons.